The summed E-state index contributed by atoms with van der Waals surface area (Å²) >= 11 is 0. The first-order chi connectivity index (χ1) is 7.70. The fourth-order valence-electron chi connectivity index (χ4n) is 1.75. The topological polar surface area (TPSA) is 81.8 Å². The number of carboxylic acids is 1. The van der Waals surface area contributed by atoms with Crippen LogP contribution in [0.25, 0.3) is 0 Å². The number of ether oxygens (including phenoxy) is 2. The van der Waals surface area contributed by atoms with Crippen molar-refractivity contribution in [2.24, 2.45) is 0 Å². The summed E-state index contributed by atoms with van der Waals surface area (Å²) in [6.45, 7) is 0.670. The number of anilines is 1. The Kier molecular flexibility index (Phi) is 3.07. The Labute approximate surface area is 92.8 Å². The number of hydrogen-bond acceptors (Lipinski definition) is 4. The van der Waals surface area contributed by atoms with E-state index in [0.29, 0.717) is 24.5 Å². The normalized spacial score (nSPS) is 25.2. The predicted octanol–water partition coefficient (Wildman–Crippen LogP) is 0.810. The van der Waals surface area contributed by atoms with Gasteiger partial charge in [0.1, 0.15) is 6.10 Å². The molecule has 1 aliphatic rings. The minimum Gasteiger partial charge on any atom is -0.479 e. The minimum absolute atomic E-state index is 0.292. The van der Waals surface area contributed by atoms with Crippen LogP contribution in [0.4, 0.5) is 5.69 Å². The van der Waals surface area contributed by atoms with E-state index >= 15 is 0 Å². The van der Waals surface area contributed by atoms with E-state index in [-0.39, 0.29) is 0 Å². The van der Waals surface area contributed by atoms with Gasteiger partial charge in [0.25, 0.3) is 0 Å². The smallest absolute Gasteiger partial charge is 0.335 e. The molecule has 1 aromatic carbocycles. The van der Waals surface area contributed by atoms with Crippen LogP contribution >= 0.6 is 0 Å². The number of hydrogen-bond donors (Lipinski definition) is 2. The maximum Gasteiger partial charge on any atom is 0.335 e. The monoisotopic (exact) mass is 223 g/mol. The maximum absolute atomic E-state index is 11.0. The van der Waals surface area contributed by atoms with E-state index in [1.165, 1.54) is 0 Å². The van der Waals surface area contributed by atoms with Gasteiger partial charge in [0.15, 0.2) is 6.10 Å². The maximum atomic E-state index is 11.0. The van der Waals surface area contributed by atoms with Crippen LogP contribution in [0.1, 0.15) is 11.7 Å². The molecule has 0 saturated carbocycles. The molecule has 2 unspecified atom stereocenters. The number of nitrogen functional groups attached to an aromatic ring is 1. The first-order valence-electron chi connectivity index (χ1n) is 5.00. The Hall–Kier alpha value is -1.59. The lowest BCUT2D eigenvalue weighted by Crippen LogP contribution is -2.38. The van der Waals surface area contributed by atoms with E-state index in [2.05, 4.69) is 0 Å². The third-order valence-electron chi connectivity index (χ3n) is 2.50. The van der Waals surface area contributed by atoms with Crippen LogP contribution in [0, 0.1) is 0 Å². The molecule has 5 heteroatoms. The molecule has 0 radical (unpaired) electrons. The zero-order valence-electron chi connectivity index (χ0n) is 8.63. The molecule has 0 bridgehead atoms. The van der Waals surface area contributed by atoms with E-state index in [4.69, 9.17) is 20.3 Å². The summed E-state index contributed by atoms with van der Waals surface area (Å²) in [6.07, 6.45) is -1.62. The van der Waals surface area contributed by atoms with Gasteiger partial charge in [0.05, 0.1) is 13.2 Å². The molecule has 1 aliphatic heterocycles. The van der Waals surface area contributed by atoms with Crippen LogP contribution in [0.2, 0.25) is 0 Å². The molecule has 3 N–H and O–H groups in total. The molecule has 1 aromatic rings. The van der Waals surface area contributed by atoms with E-state index in [9.17, 15) is 4.79 Å². The SMILES string of the molecule is Nc1ccccc1C1OCCOC1C(=O)O. The molecule has 2 atom stereocenters. The lowest BCUT2D eigenvalue weighted by atomic mass is 10.0. The predicted molar refractivity (Wildman–Crippen MR) is 56.9 cm³/mol. The van der Waals surface area contributed by atoms with Crippen molar-refractivity contribution in [3.05, 3.63) is 29.8 Å². The number of benzene rings is 1. The highest BCUT2D eigenvalue weighted by Gasteiger charge is 2.35. The van der Waals surface area contributed by atoms with Crippen LogP contribution in [0.15, 0.2) is 24.3 Å². The van der Waals surface area contributed by atoms with Crippen molar-refractivity contribution >= 4 is 11.7 Å². The summed E-state index contributed by atoms with van der Waals surface area (Å²) in [5.41, 5.74) is 6.96. The zero-order valence-corrected chi connectivity index (χ0v) is 8.63. The van der Waals surface area contributed by atoms with Crippen LogP contribution in [-0.2, 0) is 14.3 Å². The summed E-state index contributed by atoms with van der Waals surface area (Å²) in [5.74, 6) is -1.03. The number of rotatable bonds is 2. The van der Waals surface area contributed by atoms with Crippen molar-refractivity contribution in [2.45, 2.75) is 12.2 Å². The van der Waals surface area contributed by atoms with Crippen molar-refractivity contribution in [2.75, 3.05) is 18.9 Å². The van der Waals surface area contributed by atoms with E-state index in [1.807, 2.05) is 0 Å². The number of carboxylic acid groups (broad SMARTS) is 1. The second-order valence-electron chi connectivity index (χ2n) is 3.55. The van der Waals surface area contributed by atoms with Gasteiger partial charge in [0, 0.05) is 11.3 Å². The molecule has 5 nitrogen and oxygen atoms in total. The van der Waals surface area contributed by atoms with Gasteiger partial charge in [-0.15, -0.1) is 0 Å². The molecule has 1 heterocycles. The zero-order chi connectivity index (χ0) is 11.5. The average Bonchev–Trinajstić information content (AvgIpc) is 2.29. The molecular formula is C11H13NO4. The standard InChI is InChI=1S/C11H13NO4/c12-8-4-2-1-3-7(8)9-10(11(13)14)16-6-5-15-9/h1-4,9-10H,5-6,12H2,(H,13,14). The highest BCUT2D eigenvalue weighted by Crippen LogP contribution is 2.30. The Morgan fingerprint density at radius 1 is 1.31 bits per heavy atom. The average molecular weight is 223 g/mol. The van der Waals surface area contributed by atoms with Gasteiger partial charge in [-0.1, -0.05) is 18.2 Å². The van der Waals surface area contributed by atoms with Crippen LogP contribution in [0.3, 0.4) is 0 Å². The van der Waals surface area contributed by atoms with Crippen molar-refractivity contribution in [1.29, 1.82) is 0 Å². The van der Waals surface area contributed by atoms with E-state index in [0.717, 1.165) is 0 Å². The minimum atomic E-state index is -1.03. The van der Waals surface area contributed by atoms with Gasteiger partial charge in [-0.25, -0.2) is 4.79 Å². The van der Waals surface area contributed by atoms with E-state index in [1.54, 1.807) is 24.3 Å². The summed E-state index contributed by atoms with van der Waals surface area (Å²) in [6, 6.07) is 7.05. The molecule has 2 rings (SSSR count). The van der Waals surface area contributed by atoms with E-state index < -0.39 is 18.2 Å². The molecule has 16 heavy (non-hydrogen) atoms. The first kappa shape index (κ1) is 10.9. The summed E-state index contributed by atoms with van der Waals surface area (Å²) in [5, 5.41) is 9.02. The van der Waals surface area contributed by atoms with Gasteiger partial charge < -0.3 is 20.3 Å². The summed E-state index contributed by atoms with van der Waals surface area (Å²) in [7, 11) is 0. The Morgan fingerprint density at radius 2 is 2.00 bits per heavy atom. The first-order valence-corrected chi connectivity index (χ1v) is 5.00. The highest BCUT2D eigenvalue weighted by atomic mass is 16.6. The molecule has 0 aliphatic carbocycles. The molecule has 1 fully saturated rings. The molecule has 0 amide bonds. The van der Waals surface area contributed by atoms with Crippen LogP contribution < -0.4 is 5.73 Å². The fourth-order valence-corrected chi connectivity index (χ4v) is 1.75. The van der Waals surface area contributed by atoms with Gasteiger partial charge >= 0.3 is 5.97 Å². The number of aliphatic carboxylic acids is 1. The Balaban J connectivity index is 2.30. The largest absolute Gasteiger partial charge is 0.479 e. The highest BCUT2D eigenvalue weighted by molar-refractivity contribution is 5.74. The number of para-hydroxylation sites is 1. The third-order valence-corrected chi connectivity index (χ3v) is 2.50. The van der Waals surface area contributed by atoms with Crippen molar-refractivity contribution in [1.82, 2.24) is 0 Å². The van der Waals surface area contributed by atoms with Crippen molar-refractivity contribution < 1.29 is 19.4 Å². The molecule has 0 spiro atoms. The van der Waals surface area contributed by atoms with Gasteiger partial charge in [0.2, 0.25) is 0 Å². The molecular weight excluding hydrogens is 210 g/mol. The number of nitrogens with two attached hydrogens (primary N) is 1. The van der Waals surface area contributed by atoms with Gasteiger partial charge in [-0.05, 0) is 6.07 Å². The molecule has 1 saturated heterocycles. The summed E-state index contributed by atoms with van der Waals surface area (Å²) < 4.78 is 10.6. The lowest BCUT2D eigenvalue weighted by Gasteiger charge is -2.30. The Bertz CT molecular complexity index is 393. The van der Waals surface area contributed by atoms with Crippen molar-refractivity contribution in [3.8, 4) is 0 Å². The quantitative estimate of drug-likeness (QED) is 0.725. The summed E-state index contributed by atoms with van der Waals surface area (Å²) in [4.78, 5) is 11.0. The third kappa shape index (κ3) is 2.00. The van der Waals surface area contributed by atoms with Crippen LogP contribution in [0.5, 0.6) is 0 Å². The van der Waals surface area contributed by atoms with Crippen LogP contribution in [-0.4, -0.2) is 30.4 Å². The second kappa shape index (κ2) is 4.51. The van der Waals surface area contributed by atoms with Crippen molar-refractivity contribution in [3.63, 3.8) is 0 Å². The lowest BCUT2D eigenvalue weighted by molar-refractivity contribution is -0.181. The van der Waals surface area contributed by atoms with Gasteiger partial charge in [-0.2, -0.15) is 0 Å². The molecule has 86 valence electrons. The second-order valence-corrected chi connectivity index (χ2v) is 3.55. The Morgan fingerprint density at radius 3 is 2.69 bits per heavy atom. The molecule has 0 aromatic heterocycles. The fraction of sp³-hybridized carbons (Fsp3) is 0.364. The number of carbonyl (C=O) groups is 1. The van der Waals surface area contributed by atoms with Gasteiger partial charge in [-0.3, -0.25) is 0 Å².